The standard InChI is InChI=1S/C33H34ClNOS.C2H4O2/c1-33(2,36)30-9-4-3-7-25(30)15-19-32(37-22-24-10-11-24)27-8-5-6-23(20-27)12-17-29-18-14-26-13-16-28(34)21-31(26)35-29;1-2(3)4/h3-9,12-14,16-18,20-21,24,32,36H,10-11,15,19,22H2,1-2H3;1H3,(H,3,4)/b17-12+;. The summed E-state index contributed by atoms with van der Waals surface area (Å²) >= 11 is 8.26. The number of hydrogen-bond donors (Lipinski definition) is 2. The predicted molar refractivity (Wildman–Crippen MR) is 173 cm³/mol. The molecule has 41 heavy (non-hydrogen) atoms. The highest BCUT2D eigenvalue weighted by atomic mass is 35.5. The third-order valence-electron chi connectivity index (χ3n) is 6.99. The Morgan fingerprint density at radius 3 is 2.51 bits per heavy atom. The molecule has 1 heterocycles. The number of aliphatic hydroxyl groups is 1. The molecule has 0 radical (unpaired) electrons. The summed E-state index contributed by atoms with van der Waals surface area (Å²) in [7, 11) is 0. The Bertz CT molecular complexity index is 1500. The fourth-order valence-electron chi connectivity index (χ4n) is 4.75. The van der Waals surface area contributed by atoms with Crippen LogP contribution in [0, 0.1) is 5.92 Å². The van der Waals surface area contributed by atoms with Crippen LogP contribution in [0.1, 0.15) is 73.2 Å². The molecule has 1 aliphatic carbocycles. The number of benzene rings is 3. The number of hydrogen-bond acceptors (Lipinski definition) is 4. The molecular weight excluding hydrogens is 550 g/mol. The van der Waals surface area contributed by atoms with Crippen LogP contribution < -0.4 is 0 Å². The van der Waals surface area contributed by atoms with Crippen molar-refractivity contribution < 1.29 is 15.0 Å². The quantitative estimate of drug-likeness (QED) is 0.193. The molecule has 1 fully saturated rings. The Morgan fingerprint density at radius 1 is 1.05 bits per heavy atom. The second kappa shape index (κ2) is 14.2. The molecule has 0 amide bonds. The normalized spacial score (nSPS) is 14.1. The first-order valence-electron chi connectivity index (χ1n) is 14.0. The highest BCUT2D eigenvalue weighted by Crippen LogP contribution is 2.41. The van der Waals surface area contributed by atoms with Gasteiger partial charge in [-0.1, -0.05) is 78.3 Å². The molecule has 0 spiro atoms. The summed E-state index contributed by atoms with van der Waals surface area (Å²) in [5.74, 6) is 1.27. The van der Waals surface area contributed by atoms with Crippen LogP contribution in [0.15, 0.2) is 78.9 Å². The third-order valence-corrected chi connectivity index (χ3v) is 8.80. The summed E-state index contributed by atoms with van der Waals surface area (Å²) in [6, 6.07) is 27.2. The Morgan fingerprint density at radius 2 is 1.78 bits per heavy atom. The maximum atomic E-state index is 10.7. The van der Waals surface area contributed by atoms with E-state index in [9.17, 15) is 5.11 Å². The predicted octanol–water partition coefficient (Wildman–Crippen LogP) is 9.19. The van der Waals surface area contributed by atoms with E-state index >= 15 is 0 Å². The van der Waals surface area contributed by atoms with Crippen LogP contribution in [0.4, 0.5) is 0 Å². The molecule has 1 unspecified atom stereocenters. The van der Waals surface area contributed by atoms with Gasteiger partial charge in [-0.05, 0) is 97.7 Å². The zero-order valence-corrected chi connectivity index (χ0v) is 25.5. The van der Waals surface area contributed by atoms with Crippen molar-refractivity contribution in [1.82, 2.24) is 4.98 Å². The number of carboxylic acids is 1. The van der Waals surface area contributed by atoms with Crippen molar-refractivity contribution in [3.63, 3.8) is 0 Å². The number of aliphatic carboxylic acids is 1. The second-order valence-corrected chi connectivity index (χ2v) is 12.8. The molecule has 1 aromatic heterocycles. The SMILES string of the molecule is CC(=O)O.CC(C)(O)c1ccccc1CCC(SCC1CC1)c1cccc(/C=C/c2ccc3ccc(Cl)cc3n2)c1. The number of nitrogens with zero attached hydrogens (tertiary/aromatic N) is 1. The van der Waals surface area contributed by atoms with E-state index in [0.29, 0.717) is 10.3 Å². The average molecular weight is 588 g/mol. The molecular formula is C35H38ClNO3S. The fraction of sp³-hybridized carbons (Fsp3) is 0.314. The molecule has 1 atom stereocenters. The highest BCUT2D eigenvalue weighted by Gasteiger charge is 2.25. The maximum Gasteiger partial charge on any atom is 0.300 e. The zero-order chi connectivity index (χ0) is 29.4. The van der Waals surface area contributed by atoms with E-state index in [-0.39, 0.29) is 0 Å². The average Bonchev–Trinajstić information content (AvgIpc) is 3.76. The molecule has 4 nitrogen and oxygen atoms in total. The monoisotopic (exact) mass is 587 g/mol. The first-order valence-corrected chi connectivity index (χ1v) is 15.5. The molecule has 2 N–H and O–H groups in total. The van der Waals surface area contributed by atoms with Crippen LogP contribution >= 0.6 is 23.4 Å². The van der Waals surface area contributed by atoms with Crippen molar-refractivity contribution in [3.8, 4) is 0 Å². The van der Waals surface area contributed by atoms with Crippen LogP contribution in [-0.2, 0) is 16.8 Å². The Balaban J connectivity index is 0.000000909. The lowest BCUT2D eigenvalue weighted by molar-refractivity contribution is -0.134. The minimum Gasteiger partial charge on any atom is -0.481 e. The molecule has 6 heteroatoms. The molecule has 3 aromatic carbocycles. The van der Waals surface area contributed by atoms with Gasteiger partial charge in [-0.2, -0.15) is 11.8 Å². The number of rotatable bonds is 10. The van der Waals surface area contributed by atoms with Gasteiger partial charge in [0.25, 0.3) is 5.97 Å². The summed E-state index contributed by atoms with van der Waals surface area (Å²) in [5, 5.41) is 20.3. The van der Waals surface area contributed by atoms with Gasteiger partial charge in [0, 0.05) is 22.6 Å². The van der Waals surface area contributed by atoms with Gasteiger partial charge in [-0.25, -0.2) is 4.98 Å². The molecule has 1 saturated carbocycles. The smallest absolute Gasteiger partial charge is 0.300 e. The Kier molecular flexibility index (Phi) is 10.7. The topological polar surface area (TPSA) is 70.4 Å². The summed E-state index contributed by atoms with van der Waals surface area (Å²) in [6.45, 7) is 4.83. The summed E-state index contributed by atoms with van der Waals surface area (Å²) in [4.78, 5) is 13.8. The van der Waals surface area contributed by atoms with Gasteiger partial charge in [-0.15, -0.1) is 0 Å². The van der Waals surface area contributed by atoms with Gasteiger partial charge in [0.2, 0.25) is 0 Å². The maximum absolute atomic E-state index is 10.7. The fourth-order valence-corrected chi connectivity index (χ4v) is 6.38. The van der Waals surface area contributed by atoms with E-state index < -0.39 is 11.6 Å². The van der Waals surface area contributed by atoms with Crippen molar-refractivity contribution in [1.29, 1.82) is 0 Å². The zero-order valence-electron chi connectivity index (χ0n) is 23.9. The number of halogens is 1. The summed E-state index contributed by atoms with van der Waals surface area (Å²) < 4.78 is 0. The number of aryl methyl sites for hydroxylation is 1. The molecule has 0 saturated heterocycles. The molecule has 0 bridgehead atoms. The van der Waals surface area contributed by atoms with Gasteiger partial charge in [-0.3, -0.25) is 4.79 Å². The molecule has 214 valence electrons. The summed E-state index contributed by atoms with van der Waals surface area (Å²) in [6.07, 6.45) is 8.96. The van der Waals surface area contributed by atoms with Gasteiger partial charge >= 0.3 is 0 Å². The van der Waals surface area contributed by atoms with E-state index in [1.54, 1.807) is 0 Å². The second-order valence-electron chi connectivity index (χ2n) is 11.1. The number of thioether (sulfide) groups is 1. The Labute approximate surface area is 252 Å². The van der Waals surface area contributed by atoms with Crippen molar-refractivity contribution in [3.05, 3.63) is 112 Å². The number of pyridine rings is 1. The number of fused-ring (bicyclic) bond motifs is 1. The summed E-state index contributed by atoms with van der Waals surface area (Å²) in [5.41, 5.74) is 5.81. The molecule has 5 rings (SSSR count). The minimum absolute atomic E-state index is 0.421. The van der Waals surface area contributed by atoms with Crippen LogP contribution in [0.2, 0.25) is 5.02 Å². The molecule has 0 aliphatic heterocycles. The van der Waals surface area contributed by atoms with Gasteiger partial charge in [0.15, 0.2) is 0 Å². The van der Waals surface area contributed by atoms with E-state index in [0.717, 1.165) is 47.8 Å². The number of carbonyl (C=O) groups is 1. The molecule has 4 aromatic rings. The number of carboxylic acid groups (broad SMARTS) is 1. The van der Waals surface area contributed by atoms with Crippen molar-refractivity contribution in [2.24, 2.45) is 5.92 Å². The van der Waals surface area contributed by atoms with Crippen molar-refractivity contribution in [2.45, 2.75) is 57.3 Å². The minimum atomic E-state index is -0.833. The van der Waals surface area contributed by atoms with E-state index in [1.807, 2.05) is 44.2 Å². The van der Waals surface area contributed by atoms with Crippen molar-refractivity contribution >= 4 is 52.4 Å². The largest absolute Gasteiger partial charge is 0.481 e. The lowest BCUT2D eigenvalue weighted by Gasteiger charge is -2.23. The Hall–Kier alpha value is -3.12. The molecule has 1 aliphatic rings. The first-order chi connectivity index (χ1) is 19.6. The number of aromatic nitrogens is 1. The first kappa shape index (κ1) is 30.8. The lowest BCUT2D eigenvalue weighted by Crippen LogP contribution is -2.18. The highest BCUT2D eigenvalue weighted by molar-refractivity contribution is 7.99. The van der Waals surface area contributed by atoms with Crippen LogP contribution in [-0.4, -0.2) is 26.9 Å². The van der Waals surface area contributed by atoms with Crippen LogP contribution in [0.25, 0.3) is 23.1 Å². The van der Waals surface area contributed by atoms with Gasteiger partial charge in [0.05, 0.1) is 16.8 Å². The lowest BCUT2D eigenvalue weighted by atomic mass is 9.90. The van der Waals surface area contributed by atoms with E-state index in [4.69, 9.17) is 26.5 Å². The van der Waals surface area contributed by atoms with Crippen LogP contribution in [0.5, 0.6) is 0 Å². The van der Waals surface area contributed by atoms with Crippen LogP contribution in [0.3, 0.4) is 0 Å². The third kappa shape index (κ3) is 9.74. The van der Waals surface area contributed by atoms with Crippen molar-refractivity contribution in [2.75, 3.05) is 5.75 Å². The van der Waals surface area contributed by atoms with Gasteiger partial charge in [0.1, 0.15) is 0 Å². The van der Waals surface area contributed by atoms with E-state index in [1.165, 1.54) is 35.3 Å². The van der Waals surface area contributed by atoms with E-state index in [2.05, 4.69) is 72.4 Å². The van der Waals surface area contributed by atoms with Gasteiger partial charge < -0.3 is 10.2 Å².